The summed E-state index contributed by atoms with van der Waals surface area (Å²) < 4.78 is 5.10. The third-order valence-corrected chi connectivity index (χ3v) is 4.87. The fourth-order valence-electron chi connectivity index (χ4n) is 3.91. The number of ether oxygens (including phenoxy) is 1. The van der Waals surface area contributed by atoms with E-state index in [4.69, 9.17) is 4.74 Å². The molecule has 0 aromatic rings. The molecule has 1 N–H and O–H groups in total. The van der Waals surface area contributed by atoms with Crippen LogP contribution >= 0.6 is 0 Å². The van der Waals surface area contributed by atoms with E-state index in [-0.39, 0.29) is 6.61 Å². The van der Waals surface area contributed by atoms with Gasteiger partial charge in [0.25, 0.3) is 0 Å². The maximum atomic E-state index is 11.8. The number of carboxylic acids is 1. The van der Waals surface area contributed by atoms with Crippen LogP contribution in [0, 0.1) is 17.3 Å². The first-order chi connectivity index (χ1) is 9.43. The van der Waals surface area contributed by atoms with Crippen molar-refractivity contribution in [3.05, 3.63) is 12.2 Å². The number of carboxylic acid groups (broad SMARTS) is 1. The van der Waals surface area contributed by atoms with Crippen LogP contribution in [0.5, 0.6) is 0 Å². The molecule has 2 aliphatic carbocycles. The third-order valence-electron chi connectivity index (χ3n) is 4.87. The number of hydrogen-bond donors (Lipinski definition) is 1. The van der Waals surface area contributed by atoms with Crippen LogP contribution in [0.1, 0.15) is 51.9 Å². The summed E-state index contributed by atoms with van der Waals surface area (Å²) in [6.45, 7) is 5.30. The van der Waals surface area contributed by atoms with Crippen molar-refractivity contribution in [2.24, 2.45) is 17.3 Å². The highest BCUT2D eigenvalue weighted by molar-refractivity contribution is 5.86. The van der Waals surface area contributed by atoms with Gasteiger partial charge in [0, 0.05) is 5.57 Å². The van der Waals surface area contributed by atoms with Crippen molar-refractivity contribution in [1.82, 2.24) is 0 Å². The molecule has 2 atom stereocenters. The fourth-order valence-corrected chi connectivity index (χ4v) is 3.91. The Morgan fingerprint density at radius 2 is 1.90 bits per heavy atom. The molecule has 0 aromatic heterocycles. The van der Waals surface area contributed by atoms with Crippen molar-refractivity contribution in [1.29, 1.82) is 0 Å². The number of hydrogen-bond acceptors (Lipinski definition) is 3. The molecule has 112 valence electrons. The molecule has 0 amide bonds. The van der Waals surface area contributed by atoms with E-state index in [0.29, 0.717) is 23.8 Å². The largest absolute Gasteiger partial charge is 0.481 e. The van der Waals surface area contributed by atoms with Crippen LogP contribution < -0.4 is 0 Å². The molecule has 0 heterocycles. The van der Waals surface area contributed by atoms with Crippen molar-refractivity contribution in [3.63, 3.8) is 0 Å². The topological polar surface area (TPSA) is 63.6 Å². The summed E-state index contributed by atoms with van der Waals surface area (Å²) in [6, 6.07) is 0. The number of esters is 1. The lowest BCUT2D eigenvalue weighted by molar-refractivity contribution is -0.158. The van der Waals surface area contributed by atoms with Gasteiger partial charge >= 0.3 is 11.9 Å². The zero-order valence-corrected chi connectivity index (χ0v) is 12.2. The highest BCUT2D eigenvalue weighted by atomic mass is 16.5. The second kappa shape index (κ2) is 5.98. The van der Waals surface area contributed by atoms with Gasteiger partial charge in [0.1, 0.15) is 0 Å². The summed E-state index contributed by atoms with van der Waals surface area (Å²) in [5.74, 6) is -0.0760. The van der Waals surface area contributed by atoms with E-state index in [1.807, 2.05) is 0 Å². The van der Waals surface area contributed by atoms with Crippen molar-refractivity contribution in [2.75, 3.05) is 6.61 Å². The summed E-state index contributed by atoms with van der Waals surface area (Å²) in [6.07, 6.45) is 6.62. The van der Waals surface area contributed by atoms with Crippen LogP contribution in [-0.4, -0.2) is 23.7 Å². The lowest BCUT2D eigenvalue weighted by Crippen LogP contribution is -2.42. The molecule has 0 aromatic carbocycles. The van der Waals surface area contributed by atoms with Crippen LogP contribution in [-0.2, 0) is 14.3 Å². The average Bonchev–Trinajstić information content (AvgIpc) is 2.37. The zero-order valence-electron chi connectivity index (χ0n) is 12.2. The minimum atomic E-state index is -0.722. The van der Waals surface area contributed by atoms with Crippen LogP contribution in [0.2, 0.25) is 0 Å². The predicted molar refractivity (Wildman–Crippen MR) is 75.1 cm³/mol. The first kappa shape index (κ1) is 15.1. The predicted octanol–water partition coefficient (Wildman–Crippen LogP) is 3.17. The highest BCUT2D eigenvalue weighted by Crippen LogP contribution is 2.50. The Morgan fingerprint density at radius 3 is 2.40 bits per heavy atom. The summed E-state index contributed by atoms with van der Waals surface area (Å²) in [5, 5.41) is 9.66. The molecule has 2 rings (SSSR count). The number of carbonyl (C=O) groups is 2. The molecule has 0 spiro atoms. The van der Waals surface area contributed by atoms with Gasteiger partial charge in [0.05, 0.1) is 12.0 Å². The lowest BCUT2D eigenvalue weighted by Gasteiger charge is -2.44. The van der Waals surface area contributed by atoms with Crippen molar-refractivity contribution < 1.29 is 19.4 Å². The van der Waals surface area contributed by atoms with E-state index in [0.717, 1.165) is 25.7 Å². The second-order valence-electron chi connectivity index (χ2n) is 6.56. The maximum Gasteiger partial charge on any atom is 0.333 e. The molecule has 0 radical (unpaired) electrons. The van der Waals surface area contributed by atoms with Gasteiger partial charge in [-0.1, -0.05) is 25.8 Å². The van der Waals surface area contributed by atoms with Gasteiger partial charge in [0.15, 0.2) is 0 Å². The Morgan fingerprint density at radius 1 is 1.30 bits per heavy atom. The minimum Gasteiger partial charge on any atom is -0.481 e. The van der Waals surface area contributed by atoms with Crippen molar-refractivity contribution in [2.45, 2.75) is 51.9 Å². The minimum absolute atomic E-state index is 0.178. The van der Waals surface area contributed by atoms with Gasteiger partial charge in [-0.3, -0.25) is 4.79 Å². The Bertz CT molecular complexity index is 401. The number of rotatable bonds is 5. The van der Waals surface area contributed by atoms with Gasteiger partial charge < -0.3 is 9.84 Å². The number of aliphatic carboxylic acids is 1. The van der Waals surface area contributed by atoms with Crippen LogP contribution in [0.4, 0.5) is 0 Å². The summed E-state index contributed by atoms with van der Waals surface area (Å²) in [7, 11) is 0. The van der Waals surface area contributed by atoms with E-state index >= 15 is 0 Å². The molecule has 4 heteroatoms. The standard InChI is InChI=1S/C16H24O4/c1-11(2)14(17)20-7-6-16(15(18)19)9-12-4-3-5-13(8-12)10-16/h12-13H,1,3-10H2,2H3,(H,18,19). The second-order valence-corrected chi connectivity index (χ2v) is 6.56. The van der Waals surface area contributed by atoms with E-state index in [9.17, 15) is 14.7 Å². The molecule has 4 nitrogen and oxygen atoms in total. The quantitative estimate of drug-likeness (QED) is 0.620. The van der Waals surface area contributed by atoms with Gasteiger partial charge in [0.2, 0.25) is 0 Å². The SMILES string of the molecule is C=C(C)C(=O)OCCC1(C(=O)O)CC2CCCC(C2)C1. The maximum absolute atomic E-state index is 11.8. The molecule has 2 fully saturated rings. The van der Waals surface area contributed by atoms with Crippen LogP contribution in [0.25, 0.3) is 0 Å². The molecule has 0 saturated heterocycles. The van der Waals surface area contributed by atoms with Crippen LogP contribution in [0.3, 0.4) is 0 Å². The first-order valence-corrected chi connectivity index (χ1v) is 7.49. The Labute approximate surface area is 120 Å². The Hall–Kier alpha value is -1.32. The summed E-state index contributed by atoms with van der Waals surface area (Å²) in [5.41, 5.74) is -0.335. The molecule has 2 unspecified atom stereocenters. The van der Waals surface area contributed by atoms with Crippen molar-refractivity contribution >= 4 is 11.9 Å². The molecule has 0 aliphatic heterocycles. The monoisotopic (exact) mass is 280 g/mol. The molecular weight excluding hydrogens is 256 g/mol. The fraction of sp³-hybridized carbons (Fsp3) is 0.750. The van der Waals surface area contributed by atoms with Crippen molar-refractivity contribution in [3.8, 4) is 0 Å². The van der Waals surface area contributed by atoms with Gasteiger partial charge in [-0.2, -0.15) is 0 Å². The molecule has 2 aliphatic rings. The summed E-state index contributed by atoms with van der Waals surface area (Å²) in [4.78, 5) is 23.1. The first-order valence-electron chi connectivity index (χ1n) is 7.49. The van der Waals surface area contributed by atoms with E-state index in [1.165, 1.54) is 12.8 Å². The van der Waals surface area contributed by atoms with Gasteiger partial charge in [-0.15, -0.1) is 0 Å². The molecule has 2 saturated carbocycles. The molecule has 20 heavy (non-hydrogen) atoms. The van der Waals surface area contributed by atoms with E-state index in [1.54, 1.807) is 6.92 Å². The van der Waals surface area contributed by atoms with Gasteiger partial charge in [-0.25, -0.2) is 4.79 Å². The molecule has 2 bridgehead atoms. The Kier molecular flexibility index (Phi) is 4.51. The number of carbonyl (C=O) groups excluding carboxylic acids is 1. The zero-order chi connectivity index (χ0) is 14.8. The Balaban J connectivity index is 1.98. The average molecular weight is 280 g/mol. The highest BCUT2D eigenvalue weighted by Gasteiger charge is 2.47. The van der Waals surface area contributed by atoms with E-state index in [2.05, 4.69) is 6.58 Å². The number of fused-ring (bicyclic) bond motifs is 2. The smallest absolute Gasteiger partial charge is 0.333 e. The van der Waals surface area contributed by atoms with Crippen LogP contribution in [0.15, 0.2) is 12.2 Å². The lowest BCUT2D eigenvalue weighted by atomic mass is 9.60. The third kappa shape index (κ3) is 3.22. The normalized spacial score (nSPS) is 32.5. The van der Waals surface area contributed by atoms with E-state index < -0.39 is 17.4 Å². The van der Waals surface area contributed by atoms with Gasteiger partial charge in [-0.05, 0) is 44.4 Å². The molecular formula is C16H24O4. The summed E-state index contributed by atoms with van der Waals surface area (Å²) >= 11 is 0.